The van der Waals surface area contributed by atoms with Crippen LogP contribution in [0.3, 0.4) is 0 Å². The Morgan fingerprint density at radius 3 is 2.72 bits per heavy atom. The quantitative estimate of drug-likeness (QED) is 0.798. The maximum Gasteiger partial charge on any atom is 0.0991 e. The lowest BCUT2D eigenvalue weighted by atomic mass is 10.1. The Bertz CT molecular complexity index is 401. The second kappa shape index (κ2) is 6.53. The summed E-state index contributed by atoms with van der Waals surface area (Å²) < 4.78 is 5.67. The molecule has 0 aliphatic carbocycles. The molecule has 0 spiro atoms. The molecule has 1 aliphatic heterocycles. The van der Waals surface area contributed by atoms with Gasteiger partial charge in [0.2, 0.25) is 0 Å². The molecule has 3 nitrogen and oxygen atoms in total. The van der Waals surface area contributed by atoms with Gasteiger partial charge in [0.15, 0.2) is 0 Å². The molecule has 96 valence electrons. The van der Waals surface area contributed by atoms with Gasteiger partial charge in [-0.25, -0.2) is 0 Å². The number of ether oxygens (including phenoxy) is 1. The standard InChI is InChI=1S/C15H20N2O/c1-2-17(12-15-4-3-9-18-15)11-14-7-5-13(10-16)6-8-14/h5-8,15H,2-4,9,11-12H2,1H3. The topological polar surface area (TPSA) is 36.3 Å². The molecule has 2 rings (SSSR count). The average Bonchev–Trinajstić information content (AvgIpc) is 2.91. The van der Waals surface area contributed by atoms with Crippen molar-refractivity contribution in [2.45, 2.75) is 32.4 Å². The van der Waals surface area contributed by atoms with Gasteiger partial charge in [-0.3, -0.25) is 4.90 Å². The SMILES string of the molecule is CCN(Cc1ccc(C#N)cc1)CC1CCCO1. The minimum absolute atomic E-state index is 0.406. The van der Waals surface area contributed by atoms with E-state index in [4.69, 9.17) is 10.00 Å². The normalized spacial score (nSPS) is 19.1. The minimum Gasteiger partial charge on any atom is -0.377 e. The third-order valence-corrected chi connectivity index (χ3v) is 3.42. The van der Waals surface area contributed by atoms with Crippen molar-refractivity contribution in [3.05, 3.63) is 35.4 Å². The average molecular weight is 244 g/mol. The third kappa shape index (κ3) is 3.56. The van der Waals surface area contributed by atoms with Crippen LogP contribution in [0.1, 0.15) is 30.9 Å². The maximum atomic E-state index is 8.77. The number of hydrogen-bond donors (Lipinski definition) is 0. The van der Waals surface area contributed by atoms with Crippen LogP contribution in [0, 0.1) is 11.3 Å². The van der Waals surface area contributed by atoms with Crippen molar-refractivity contribution >= 4 is 0 Å². The van der Waals surface area contributed by atoms with Crippen molar-refractivity contribution < 1.29 is 4.74 Å². The first-order valence-electron chi connectivity index (χ1n) is 6.65. The summed E-state index contributed by atoms with van der Waals surface area (Å²) in [5.41, 5.74) is 1.98. The zero-order valence-corrected chi connectivity index (χ0v) is 10.9. The highest BCUT2D eigenvalue weighted by Gasteiger charge is 2.18. The monoisotopic (exact) mass is 244 g/mol. The van der Waals surface area contributed by atoms with Gasteiger partial charge >= 0.3 is 0 Å². The van der Waals surface area contributed by atoms with Crippen molar-refractivity contribution in [3.8, 4) is 6.07 Å². The van der Waals surface area contributed by atoms with Crippen molar-refractivity contribution in [1.82, 2.24) is 4.90 Å². The van der Waals surface area contributed by atoms with Gasteiger partial charge in [0.05, 0.1) is 17.7 Å². The molecule has 1 fully saturated rings. The van der Waals surface area contributed by atoms with Gasteiger partial charge in [-0.1, -0.05) is 19.1 Å². The van der Waals surface area contributed by atoms with Gasteiger partial charge < -0.3 is 4.74 Å². The summed E-state index contributed by atoms with van der Waals surface area (Å²) >= 11 is 0. The summed E-state index contributed by atoms with van der Waals surface area (Å²) in [5, 5.41) is 8.77. The fourth-order valence-corrected chi connectivity index (χ4v) is 2.32. The van der Waals surface area contributed by atoms with Crippen LogP contribution >= 0.6 is 0 Å². The number of nitriles is 1. The van der Waals surface area contributed by atoms with Crippen molar-refractivity contribution in [2.24, 2.45) is 0 Å². The number of hydrogen-bond acceptors (Lipinski definition) is 3. The van der Waals surface area contributed by atoms with Gasteiger partial charge in [0.1, 0.15) is 0 Å². The Balaban J connectivity index is 1.90. The third-order valence-electron chi connectivity index (χ3n) is 3.42. The van der Waals surface area contributed by atoms with E-state index in [0.29, 0.717) is 6.10 Å². The van der Waals surface area contributed by atoms with Crippen LogP contribution in [0.25, 0.3) is 0 Å². The zero-order valence-electron chi connectivity index (χ0n) is 10.9. The lowest BCUT2D eigenvalue weighted by Gasteiger charge is -2.23. The first-order valence-corrected chi connectivity index (χ1v) is 6.65. The Labute approximate surface area is 109 Å². The molecular formula is C15H20N2O. The molecule has 0 amide bonds. The fourth-order valence-electron chi connectivity index (χ4n) is 2.32. The molecule has 1 saturated heterocycles. The Morgan fingerprint density at radius 2 is 2.17 bits per heavy atom. The predicted octanol–water partition coefficient (Wildman–Crippen LogP) is 2.56. The molecule has 1 heterocycles. The van der Waals surface area contributed by atoms with E-state index in [9.17, 15) is 0 Å². The maximum absolute atomic E-state index is 8.77. The molecule has 1 aromatic carbocycles. The summed E-state index contributed by atoms with van der Waals surface area (Å²) in [6.07, 6.45) is 2.78. The van der Waals surface area contributed by atoms with Crippen LogP contribution in [-0.4, -0.2) is 30.7 Å². The molecule has 0 radical (unpaired) electrons. The molecule has 0 bridgehead atoms. The molecule has 1 unspecified atom stereocenters. The lowest BCUT2D eigenvalue weighted by molar-refractivity contribution is 0.0725. The summed E-state index contributed by atoms with van der Waals surface area (Å²) in [6.45, 7) is 6.07. The number of benzene rings is 1. The number of rotatable bonds is 5. The molecular weight excluding hydrogens is 224 g/mol. The second-order valence-corrected chi connectivity index (χ2v) is 4.77. The van der Waals surface area contributed by atoms with Gasteiger partial charge in [0.25, 0.3) is 0 Å². The Kier molecular flexibility index (Phi) is 4.74. The van der Waals surface area contributed by atoms with Crippen molar-refractivity contribution in [2.75, 3.05) is 19.7 Å². The first-order chi connectivity index (χ1) is 8.81. The van der Waals surface area contributed by atoms with E-state index >= 15 is 0 Å². The smallest absolute Gasteiger partial charge is 0.0991 e. The van der Waals surface area contributed by atoms with Crippen LogP contribution in [-0.2, 0) is 11.3 Å². The molecule has 0 N–H and O–H groups in total. The molecule has 0 aromatic heterocycles. The van der Waals surface area contributed by atoms with E-state index in [2.05, 4.69) is 17.9 Å². The molecule has 3 heteroatoms. The molecule has 0 saturated carbocycles. The van der Waals surface area contributed by atoms with Gasteiger partial charge in [-0.05, 0) is 37.1 Å². The second-order valence-electron chi connectivity index (χ2n) is 4.77. The highest BCUT2D eigenvalue weighted by molar-refractivity contribution is 5.31. The summed E-state index contributed by atoms with van der Waals surface area (Å²) in [5.74, 6) is 0. The van der Waals surface area contributed by atoms with Gasteiger partial charge in [-0.2, -0.15) is 5.26 Å². The molecule has 1 atom stereocenters. The van der Waals surface area contributed by atoms with E-state index in [-0.39, 0.29) is 0 Å². The summed E-state index contributed by atoms with van der Waals surface area (Å²) in [6, 6.07) is 9.99. The lowest BCUT2D eigenvalue weighted by Crippen LogP contribution is -2.31. The highest BCUT2D eigenvalue weighted by atomic mass is 16.5. The largest absolute Gasteiger partial charge is 0.377 e. The number of likely N-dealkylation sites (N-methyl/N-ethyl adjacent to an activating group) is 1. The minimum atomic E-state index is 0.406. The van der Waals surface area contributed by atoms with Crippen molar-refractivity contribution in [1.29, 1.82) is 5.26 Å². The van der Waals surface area contributed by atoms with Crippen LogP contribution in [0.15, 0.2) is 24.3 Å². The van der Waals surface area contributed by atoms with E-state index < -0.39 is 0 Å². The molecule has 1 aromatic rings. The van der Waals surface area contributed by atoms with Gasteiger partial charge in [-0.15, -0.1) is 0 Å². The summed E-state index contributed by atoms with van der Waals surface area (Å²) in [7, 11) is 0. The predicted molar refractivity (Wildman–Crippen MR) is 71.1 cm³/mol. The van der Waals surface area contributed by atoms with Crippen LogP contribution in [0.2, 0.25) is 0 Å². The first kappa shape index (κ1) is 13.1. The van der Waals surface area contributed by atoms with Crippen LogP contribution in [0.5, 0.6) is 0 Å². The van der Waals surface area contributed by atoms with Crippen LogP contribution in [0.4, 0.5) is 0 Å². The van der Waals surface area contributed by atoms with E-state index in [1.165, 1.54) is 18.4 Å². The fraction of sp³-hybridized carbons (Fsp3) is 0.533. The van der Waals surface area contributed by atoms with Crippen molar-refractivity contribution in [3.63, 3.8) is 0 Å². The van der Waals surface area contributed by atoms with E-state index in [1.807, 2.05) is 24.3 Å². The van der Waals surface area contributed by atoms with E-state index in [0.717, 1.165) is 31.8 Å². The molecule has 1 aliphatic rings. The Morgan fingerprint density at radius 1 is 1.39 bits per heavy atom. The molecule has 18 heavy (non-hydrogen) atoms. The highest BCUT2D eigenvalue weighted by Crippen LogP contribution is 2.15. The zero-order chi connectivity index (χ0) is 12.8. The van der Waals surface area contributed by atoms with E-state index in [1.54, 1.807) is 0 Å². The number of nitrogens with zero attached hydrogens (tertiary/aromatic N) is 2. The Hall–Kier alpha value is -1.37. The van der Waals surface area contributed by atoms with Crippen LogP contribution < -0.4 is 0 Å². The summed E-state index contributed by atoms with van der Waals surface area (Å²) in [4.78, 5) is 2.40. The van der Waals surface area contributed by atoms with Gasteiger partial charge in [0, 0.05) is 19.7 Å².